The molecule has 0 N–H and O–H groups in total. The van der Waals surface area contributed by atoms with Crippen molar-refractivity contribution < 1.29 is 4.74 Å². The number of ether oxygens (including phenoxy) is 1. The zero-order valence-corrected chi connectivity index (χ0v) is 25.1. The van der Waals surface area contributed by atoms with E-state index in [0.717, 1.165) is 83.4 Å². The molecule has 220 valence electrons. The number of hydrogen-bond donors (Lipinski definition) is 0. The Labute approximate surface area is 268 Å². The van der Waals surface area contributed by atoms with Gasteiger partial charge in [0, 0.05) is 51.3 Å². The smallest absolute Gasteiger partial charge is 0.147 e. The van der Waals surface area contributed by atoms with Gasteiger partial charge < -0.3 is 4.74 Å². The normalized spacial score (nSPS) is 11.8. The van der Waals surface area contributed by atoms with Crippen molar-refractivity contribution in [3.05, 3.63) is 152 Å². The Morgan fingerprint density at radius 2 is 0.979 bits per heavy atom. The monoisotopic (exact) mass is 603 g/mol. The molecule has 10 rings (SSSR count). The fraction of sp³-hybridized carbons (Fsp3) is 0. The summed E-state index contributed by atoms with van der Waals surface area (Å²) < 4.78 is 10.9. The Balaban J connectivity index is 1.14. The molecular formula is C41H25N5O. The van der Waals surface area contributed by atoms with Crippen LogP contribution in [0.3, 0.4) is 0 Å². The molecule has 5 aromatic carbocycles. The lowest BCUT2D eigenvalue weighted by Gasteiger charge is -2.12. The van der Waals surface area contributed by atoms with Crippen LogP contribution in [0.15, 0.2) is 152 Å². The molecule has 5 heterocycles. The van der Waals surface area contributed by atoms with Crippen molar-refractivity contribution in [3.63, 3.8) is 0 Å². The molecule has 0 bridgehead atoms. The number of nitrogens with zero attached hydrogens (tertiary/aromatic N) is 5. The molecule has 10 aromatic rings. The number of imidazole rings is 2. The highest BCUT2D eigenvalue weighted by atomic mass is 16.5. The van der Waals surface area contributed by atoms with Gasteiger partial charge in [0.05, 0.1) is 16.9 Å². The highest BCUT2D eigenvalue weighted by Crippen LogP contribution is 2.37. The summed E-state index contributed by atoms with van der Waals surface area (Å²) in [5, 5.41) is 6.48. The Hall–Kier alpha value is -6.53. The molecule has 47 heavy (non-hydrogen) atoms. The van der Waals surface area contributed by atoms with Crippen LogP contribution in [0.4, 0.5) is 0 Å². The van der Waals surface area contributed by atoms with Gasteiger partial charge in [-0.15, -0.1) is 0 Å². The van der Waals surface area contributed by atoms with Crippen LogP contribution < -0.4 is 4.74 Å². The molecule has 0 spiro atoms. The van der Waals surface area contributed by atoms with Crippen molar-refractivity contribution in [3.8, 4) is 34.0 Å². The topological polar surface area (TPSA) is 56.7 Å². The third kappa shape index (κ3) is 4.02. The van der Waals surface area contributed by atoms with Gasteiger partial charge in [0.25, 0.3) is 0 Å². The summed E-state index contributed by atoms with van der Waals surface area (Å²) in [6.45, 7) is 0. The molecule has 0 aliphatic carbocycles. The molecule has 0 saturated heterocycles. The summed E-state index contributed by atoms with van der Waals surface area (Å²) in [5.74, 6) is 1.47. The predicted molar refractivity (Wildman–Crippen MR) is 189 cm³/mol. The third-order valence-corrected chi connectivity index (χ3v) is 9.01. The molecule has 5 aromatic heterocycles. The standard InChI is InChI=1S/C41H25N5O/c1-3-10-26(11-4-1)36-24-45-38-16-8-7-14-32(38)30-19-17-28(22-34(30)40(45)43-36)47-29-18-20-31-33-15-9-21-42-39(33)46-25-37(27-12-5-2-6-13-27)44-41(46)35(31)23-29/h1-25H. The molecule has 0 saturated carbocycles. The highest BCUT2D eigenvalue weighted by molar-refractivity contribution is 6.13. The minimum atomic E-state index is 0.733. The summed E-state index contributed by atoms with van der Waals surface area (Å²) in [6.07, 6.45) is 6.03. The van der Waals surface area contributed by atoms with Gasteiger partial charge >= 0.3 is 0 Å². The largest absolute Gasteiger partial charge is 0.457 e. The SMILES string of the molecule is c1ccc(-c2cn3c4ccccc4c4ccc(Oc5ccc6c7cccnc7n7cc(-c8ccccc8)nc7c6c5)cc4c3n2)cc1. The van der Waals surface area contributed by atoms with Crippen molar-refractivity contribution in [2.24, 2.45) is 0 Å². The summed E-state index contributed by atoms with van der Waals surface area (Å²) in [6, 6.07) is 45.6. The first-order valence-corrected chi connectivity index (χ1v) is 15.6. The molecule has 0 aliphatic heterocycles. The van der Waals surface area contributed by atoms with E-state index in [-0.39, 0.29) is 0 Å². The molecule has 0 atom stereocenters. The van der Waals surface area contributed by atoms with Crippen molar-refractivity contribution in [2.75, 3.05) is 0 Å². The highest BCUT2D eigenvalue weighted by Gasteiger charge is 2.16. The van der Waals surface area contributed by atoms with E-state index in [0.29, 0.717) is 0 Å². The Kier molecular flexibility index (Phi) is 5.48. The second-order valence-electron chi connectivity index (χ2n) is 11.8. The maximum atomic E-state index is 6.61. The Bertz CT molecular complexity index is 2620. The summed E-state index contributed by atoms with van der Waals surface area (Å²) in [7, 11) is 0. The first kappa shape index (κ1) is 25.8. The summed E-state index contributed by atoms with van der Waals surface area (Å²) in [5.41, 5.74) is 7.71. The number of fused-ring (bicyclic) bond motifs is 12. The minimum Gasteiger partial charge on any atom is -0.457 e. The van der Waals surface area contributed by atoms with Crippen LogP contribution in [0.5, 0.6) is 11.5 Å². The van der Waals surface area contributed by atoms with E-state index in [1.54, 1.807) is 0 Å². The van der Waals surface area contributed by atoms with E-state index in [1.165, 1.54) is 5.39 Å². The lowest BCUT2D eigenvalue weighted by molar-refractivity contribution is 0.484. The van der Waals surface area contributed by atoms with Crippen molar-refractivity contribution >= 4 is 54.8 Å². The number of para-hydroxylation sites is 1. The summed E-state index contributed by atoms with van der Waals surface area (Å²) in [4.78, 5) is 15.0. The van der Waals surface area contributed by atoms with Gasteiger partial charge in [-0.2, -0.15) is 0 Å². The van der Waals surface area contributed by atoms with Gasteiger partial charge in [-0.1, -0.05) is 78.9 Å². The number of hydrogen-bond acceptors (Lipinski definition) is 4. The van der Waals surface area contributed by atoms with Crippen molar-refractivity contribution in [2.45, 2.75) is 0 Å². The summed E-state index contributed by atoms with van der Waals surface area (Å²) >= 11 is 0. The average Bonchev–Trinajstić information content (AvgIpc) is 3.80. The molecule has 0 amide bonds. The fourth-order valence-corrected chi connectivity index (χ4v) is 6.84. The van der Waals surface area contributed by atoms with Crippen LogP contribution in [-0.4, -0.2) is 23.8 Å². The van der Waals surface area contributed by atoms with E-state index in [1.807, 2.05) is 60.8 Å². The second-order valence-corrected chi connectivity index (χ2v) is 11.8. The zero-order valence-electron chi connectivity index (χ0n) is 25.1. The van der Waals surface area contributed by atoms with Gasteiger partial charge in [0.1, 0.15) is 28.4 Å². The second kappa shape index (κ2) is 9.99. The van der Waals surface area contributed by atoms with Crippen molar-refractivity contribution in [1.29, 1.82) is 0 Å². The van der Waals surface area contributed by atoms with Gasteiger partial charge in [-0.25, -0.2) is 15.0 Å². The number of pyridine rings is 3. The quantitative estimate of drug-likeness (QED) is 0.188. The number of rotatable bonds is 4. The Morgan fingerprint density at radius 3 is 1.66 bits per heavy atom. The van der Waals surface area contributed by atoms with Crippen LogP contribution >= 0.6 is 0 Å². The minimum absolute atomic E-state index is 0.733. The third-order valence-electron chi connectivity index (χ3n) is 9.01. The maximum Gasteiger partial charge on any atom is 0.147 e. The van der Waals surface area contributed by atoms with E-state index in [2.05, 4.69) is 100 Å². The lowest BCUT2D eigenvalue weighted by Crippen LogP contribution is -1.94. The molecule has 0 fully saturated rings. The van der Waals surface area contributed by atoms with Gasteiger partial charge in [0.15, 0.2) is 0 Å². The van der Waals surface area contributed by atoms with Crippen LogP contribution in [0.2, 0.25) is 0 Å². The van der Waals surface area contributed by atoms with Gasteiger partial charge in [0.2, 0.25) is 0 Å². The molecule has 6 nitrogen and oxygen atoms in total. The lowest BCUT2D eigenvalue weighted by atomic mass is 10.1. The van der Waals surface area contributed by atoms with E-state index >= 15 is 0 Å². The fourth-order valence-electron chi connectivity index (χ4n) is 6.84. The maximum absolute atomic E-state index is 6.61. The van der Waals surface area contributed by atoms with Gasteiger partial charge in [-0.05, 0) is 65.4 Å². The molecule has 6 heteroatoms. The zero-order chi connectivity index (χ0) is 30.9. The molecular weight excluding hydrogens is 578 g/mol. The van der Waals surface area contributed by atoms with Crippen LogP contribution in [0.1, 0.15) is 0 Å². The van der Waals surface area contributed by atoms with E-state index in [4.69, 9.17) is 19.7 Å². The first-order valence-electron chi connectivity index (χ1n) is 15.6. The van der Waals surface area contributed by atoms with Crippen molar-refractivity contribution in [1.82, 2.24) is 23.8 Å². The predicted octanol–water partition coefficient (Wildman–Crippen LogP) is 10.1. The molecule has 0 aliphatic rings. The number of aromatic nitrogens is 5. The molecule has 0 unspecified atom stereocenters. The van der Waals surface area contributed by atoms with Crippen LogP contribution in [0, 0.1) is 0 Å². The number of benzene rings is 5. The van der Waals surface area contributed by atoms with Crippen LogP contribution in [-0.2, 0) is 0 Å². The Morgan fingerprint density at radius 1 is 0.426 bits per heavy atom. The first-order chi connectivity index (χ1) is 23.3. The van der Waals surface area contributed by atoms with Gasteiger partial charge in [-0.3, -0.25) is 8.80 Å². The van der Waals surface area contributed by atoms with Crippen LogP contribution in [0.25, 0.3) is 77.3 Å². The average molecular weight is 604 g/mol. The molecule has 0 radical (unpaired) electrons. The van der Waals surface area contributed by atoms with E-state index in [9.17, 15) is 0 Å². The van der Waals surface area contributed by atoms with E-state index < -0.39 is 0 Å².